The van der Waals surface area contributed by atoms with Crippen molar-refractivity contribution in [1.82, 2.24) is 14.3 Å². The zero-order chi connectivity index (χ0) is 17.5. The van der Waals surface area contributed by atoms with Crippen LogP contribution in [0.3, 0.4) is 0 Å². The van der Waals surface area contributed by atoms with Crippen molar-refractivity contribution in [2.75, 3.05) is 0 Å². The van der Waals surface area contributed by atoms with Gasteiger partial charge < -0.3 is 8.98 Å². The number of benzene rings is 1. The lowest BCUT2D eigenvalue weighted by Gasteiger charge is -2.06. The van der Waals surface area contributed by atoms with Crippen LogP contribution < -0.4 is 4.72 Å². The molecule has 0 radical (unpaired) electrons. The monoisotopic (exact) mass is 347 g/mol. The highest BCUT2D eigenvalue weighted by atomic mass is 32.2. The van der Waals surface area contributed by atoms with E-state index in [0.717, 1.165) is 0 Å². The predicted molar refractivity (Wildman–Crippen MR) is 88.2 cm³/mol. The number of nitrogens with zero attached hydrogens (tertiary/aromatic N) is 2. The molecular weight excluding hydrogens is 330 g/mol. The summed E-state index contributed by atoms with van der Waals surface area (Å²) in [6, 6.07) is 6.68. The highest BCUT2D eigenvalue weighted by molar-refractivity contribution is 7.90. The van der Waals surface area contributed by atoms with E-state index in [1.807, 2.05) is 13.8 Å². The Hall–Kier alpha value is -2.61. The number of amides is 1. The van der Waals surface area contributed by atoms with Gasteiger partial charge in [-0.15, -0.1) is 0 Å². The van der Waals surface area contributed by atoms with Gasteiger partial charge in [0.25, 0.3) is 15.9 Å². The van der Waals surface area contributed by atoms with Gasteiger partial charge in [0.15, 0.2) is 5.03 Å². The average Bonchev–Trinajstić information content (AvgIpc) is 3.11. The molecular formula is C16H17N3O4S. The van der Waals surface area contributed by atoms with Crippen molar-refractivity contribution in [2.24, 2.45) is 0 Å². The van der Waals surface area contributed by atoms with E-state index in [1.54, 1.807) is 35.8 Å². The van der Waals surface area contributed by atoms with Gasteiger partial charge in [0, 0.05) is 17.6 Å². The number of rotatable bonds is 4. The highest BCUT2D eigenvalue weighted by Gasteiger charge is 2.23. The van der Waals surface area contributed by atoms with Crippen LogP contribution in [-0.2, 0) is 10.0 Å². The molecule has 24 heavy (non-hydrogen) atoms. The van der Waals surface area contributed by atoms with Crippen LogP contribution in [0.4, 0.5) is 0 Å². The molecule has 3 rings (SSSR count). The number of aryl methyl sites for hydroxylation is 1. The molecule has 2 heterocycles. The molecule has 1 aromatic carbocycles. The molecule has 0 saturated heterocycles. The van der Waals surface area contributed by atoms with Gasteiger partial charge in [-0.25, -0.2) is 9.71 Å². The Morgan fingerprint density at radius 1 is 1.33 bits per heavy atom. The Bertz CT molecular complexity index is 1020. The third-order valence-electron chi connectivity index (χ3n) is 3.61. The normalized spacial score (nSPS) is 12.0. The second-order valence-electron chi connectivity index (χ2n) is 5.76. The number of hydrogen-bond donors (Lipinski definition) is 1. The predicted octanol–water partition coefficient (Wildman–Crippen LogP) is 2.64. The molecule has 126 valence electrons. The molecule has 0 bridgehead atoms. The Morgan fingerprint density at radius 3 is 2.75 bits per heavy atom. The number of furan rings is 1. The van der Waals surface area contributed by atoms with E-state index in [-0.39, 0.29) is 16.6 Å². The first-order valence-electron chi connectivity index (χ1n) is 7.38. The van der Waals surface area contributed by atoms with Gasteiger partial charge in [0.05, 0.1) is 11.9 Å². The topological polar surface area (TPSA) is 94.2 Å². The second-order valence-corrected chi connectivity index (χ2v) is 7.39. The van der Waals surface area contributed by atoms with E-state index in [2.05, 4.69) is 9.71 Å². The Kier molecular flexibility index (Phi) is 3.92. The van der Waals surface area contributed by atoms with Crippen LogP contribution in [0.15, 0.2) is 46.2 Å². The second kappa shape index (κ2) is 5.79. The third kappa shape index (κ3) is 2.92. The molecule has 1 amide bonds. The molecule has 0 saturated carbocycles. The van der Waals surface area contributed by atoms with E-state index in [9.17, 15) is 13.2 Å². The van der Waals surface area contributed by atoms with E-state index in [0.29, 0.717) is 16.7 Å². The van der Waals surface area contributed by atoms with Gasteiger partial charge in [-0.1, -0.05) is 6.07 Å². The van der Waals surface area contributed by atoms with Gasteiger partial charge in [-0.2, -0.15) is 8.42 Å². The summed E-state index contributed by atoms with van der Waals surface area (Å²) in [4.78, 5) is 16.3. The fraction of sp³-hybridized carbons (Fsp3) is 0.250. The molecule has 0 atom stereocenters. The van der Waals surface area contributed by atoms with Crippen molar-refractivity contribution >= 4 is 26.9 Å². The molecule has 0 unspecified atom stereocenters. The van der Waals surface area contributed by atoms with Crippen LogP contribution in [0.25, 0.3) is 11.0 Å². The summed E-state index contributed by atoms with van der Waals surface area (Å²) >= 11 is 0. The Labute approximate surface area is 139 Å². The summed E-state index contributed by atoms with van der Waals surface area (Å²) in [5, 5.41) is 0.371. The van der Waals surface area contributed by atoms with Crippen LogP contribution in [0, 0.1) is 6.92 Å². The summed E-state index contributed by atoms with van der Waals surface area (Å²) < 4.78 is 33.9. The number of carbonyl (C=O) groups is 1. The molecule has 8 heteroatoms. The summed E-state index contributed by atoms with van der Waals surface area (Å²) in [5.74, 6) is -0.0794. The van der Waals surface area contributed by atoms with Gasteiger partial charge in [0.2, 0.25) is 0 Å². The van der Waals surface area contributed by atoms with Crippen molar-refractivity contribution < 1.29 is 17.6 Å². The minimum absolute atomic E-state index is 0.0693. The van der Waals surface area contributed by atoms with E-state index in [4.69, 9.17) is 4.42 Å². The summed E-state index contributed by atoms with van der Waals surface area (Å²) in [6.45, 7) is 5.56. The fourth-order valence-electron chi connectivity index (χ4n) is 2.35. The van der Waals surface area contributed by atoms with Crippen LogP contribution >= 0.6 is 0 Å². The summed E-state index contributed by atoms with van der Waals surface area (Å²) in [6.07, 6.45) is 2.81. The maximum absolute atomic E-state index is 12.4. The zero-order valence-corrected chi connectivity index (χ0v) is 14.3. The van der Waals surface area contributed by atoms with Crippen LogP contribution in [-0.4, -0.2) is 23.9 Å². The largest absolute Gasteiger partial charge is 0.461 e. The van der Waals surface area contributed by atoms with Crippen LogP contribution in [0.5, 0.6) is 0 Å². The number of fused-ring (bicyclic) bond motifs is 1. The maximum Gasteiger partial charge on any atom is 0.283 e. The highest BCUT2D eigenvalue weighted by Crippen LogP contribution is 2.23. The fourth-order valence-corrected chi connectivity index (χ4v) is 3.26. The lowest BCUT2D eigenvalue weighted by Crippen LogP contribution is -2.30. The Morgan fingerprint density at radius 2 is 2.08 bits per heavy atom. The molecule has 2 aromatic heterocycles. The summed E-state index contributed by atoms with van der Waals surface area (Å²) in [5.41, 5.74) is 0.762. The lowest BCUT2D eigenvalue weighted by molar-refractivity contribution is 0.0983. The van der Waals surface area contributed by atoms with Crippen LogP contribution in [0.1, 0.15) is 36.0 Å². The SMILES string of the molecule is Cc1cc2c(C(=O)NS(=O)(=O)c3cn(C(C)C)cn3)cccc2o1. The Balaban J connectivity index is 1.92. The molecule has 0 fully saturated rings. The molecule has 1 N–H and O–H groups in total. The van der Waals surface area contributed by atoms with E-state index in [1.165, 1.54) is 12.5 Å². The number of hydrogen-bond acceptors (Lipinski definition) is 5. The first-order chi connectivity index (χ1) is 11.3. The van der Waals surface area contributed by atoms with Gasteiger partial charge in [-0.3, -0.25) is 4.79 Å². The first kappa shape index (κ1) is 16.3. The summed E-state index contributed by atoms with van der Waals surface area (Å²) in [7, 11) is -4.04. The zero-order valence-electron chi connectivity index (χ0n) is 13.5. The van der Waals surface area contributed by atoms with E-state index < -0.39 is 15.9 Å². The molecule has 0 aliphatic carbocycles. The van der Waals surface area contributed by atoms with Crippen molar-refractivity contribution in [3.05, 3.63) is 48.1 Å². The van der Waals surface area contributed by atoms with E-state index >= 15 is 0 Å². The quantitative estimate of drug-likeness (QED) is 0.783. The minimum atomic E-state index is -4.04. The number of carbonyl (C=O) groups excluding carboxylic acids is 1. The smallest absolute Gasteiger partial charge is 0.283 e. The molecule has 7 nitrogen and oxygen atoms in total. The third-order valence-corrected chi connectivity index (χ3v) is 4.82. The maximum atomic E-state index is 12.4. The van der Waals surface area contributed by atoms with Crippen molar-refractivity contribution in [2.45, 2.75) is 31.8 Å². The number of nitrogens with one attached hydrogen (secondary N) is 1. The number of sulfonamides is 1. The number of imidazole rings is 1. The standard InChI is InChI=1S/C16H17N3O4S/c1-10(2)19-8-15(17-9-19)24(21,22)18-16(20)12-5-4-6-14-13(12)7-11(3)23-14/h4-10H,1-3H3,(H,18,20). The number of aromatic nitrogens is 2. The van der Waals surface area contributed by atoms with Gasteiger partial charge in [-0.05, 0) is 39.0 Å². The molecule has 3 aromatic rings. The van der Waals surface area contributed by atoms with Crippen molar-refractivity contribution in [1.29, 1.82) is 0 Å². The first-order valence-corrected chi connectivity index (χ1v) is 8.86. The molecule has 0 aliphatic rings. The average molecular weight is 347 g/mol. The molecule has 0 aliphatic heterocycles. The van der Waals surface area contributed by atoms with Gasteiger partial charge in [0.1, 0.15) is 11.3 Å². The van der Waals surface area contributed by atoms with Crippen LogP contribution in [0.2, 0.25) is 0 Å². The van der Waals surface area contributed by atoms with Crippen molar-refractivity contribution in [3.63, 3.8) is 0 Å². The van der Waals surface area contributed by atoms with Gasteiger partial charge >= 0.3 is 0 Å². The molecule has 0 spiro atoms. The van der Waals surface area contributed by atoms with Crippen molar-refractivity contribution in [3.8, 4) is 0 Å². The lowest BCUT2D eigenvalue weighted by atomic mass is 10.1. The minimum Gasteiger partial charge on any atom is -0.461 e.